The Morgan fingerprint density at radius 3 is 2.56 bits per heavy atom. The highest BCUT2D eigenvalue weighted by atomic mass is 16.4. The van der Waals surface area contributed by atoms with E-state index in [2.05, 4.69) is 0 Å². The van der Waals surface area contributed by atoms with Gasteiger partial charge in [0, 0.05) is 24.5 Å². The summed E-state index contributed by atoms with van der Waals surface area (Å²) in [5.41, 5.74) is 5.80. The molecule has 2 aliphatic rings. The van der Waals surface area contributed by atoms with Gasteiger partial charge in [0.1, 0.15) is 0 Å². The summed E-state index contributed by atoms with van der Waals surface area (Å²) in [5.74, 6) is -0.962. The van der Waals surface area contributed by atoms with Crippen LogP contribution in [0.3, 0.4) is 0 Å². The molecule has 18 heavy (non-hydrogen) atoms. The quantitative estimate of drug-likeness (QED) is 0.786. The molecule has 1 aliphatic heterocycles. The average molecular weight is 254 g/mol. The maximum atomic E-state index is 12.2. The molecule has 0 radical (unpaired) electrons. The smallest absolute Gasteiger partial charge is 0.306 e. The molecular weight excluding hydrogens is 232 g/mol. The molecule has 1 saturated heterocycles. The van der Waals surface area contributed by atoms with Gasteiger partial charge < -0.3 is 15.7 Å². The summed E-state index contributed by atoms with van der Waals surface area (Å²) < 4.78 is 0. The molecule has 0 aromatic rings. The van der Waals surface area contributed by atoms with Crippen molar-refractivity contribution in [3.63, 3.8) is 0 Å². The third kappa shape index (κ3) is 2.66. The minimum atomic E-state index is -0.747. The molecule has 0 aromatic heterocycles. The van der Waals surface area contributed by atoms with Crippen molar-refractivity contribution >= 4 is 11.9 Å². The van der Waals surface area contributed by atoms with Crippen LogP contribution >= 0.6 is 0 Å². The third-order valence-electron chi connectivity index (χ3n) is 4.40. The van der Waals surface area contributed by atoms with Crippen LogP contribution in [0.1, 0.15) is 45.4 Å². The van der Waals surface area contributed by atoms with Gasteiger partial charge in [-0.3, -0.25) is 9.59 Å². The van der Waals surface area contributed by atoms with E-state index in [9.17, 15) is 9.59 Å². The number of nitrogens with two attached hydrogens (primary N) is 1. The van der Waals surface area contributed by atoms with Gasteiger partial charge in [0.05, 0.1) is 5.92 Å². The Kier molecular flexibility index (Phi) is 3.61. The summed E-state index contributed by atoms with van der Waals surface area (Å²) in [6, 6.07) is 0.0102. The first-order valence-corrected chi connectivity index (χ1v) is 6.72. The van der Waals surface area contributed by atoms with Crippen molar-refractivity contribution < 1.29 is 14.7 Å². The molecule has 2 rings (SSSR count). The molecule has 102 valence electrons. The molecule has 2 fully saturated rings. The van der Waals surface area contributed by atoms with Gasteiger partial charge >= 0.3 is 5.97 Å². The van der Waals surface area contributed by atoms with Crippen LogP contribution in [0, 0.1) is 5.92 Å². The van der Waals surface area contributed by atoms with Gasteiger partial charge in [-0.15, -0.1) is 0 Å². The van der Waals surface area contributed by atoms with Crippen LogP contribution in [0.4, 0.5) is 0 Å². The van der Waals surface area contributed by atoms with Crippen LogP contribution in [-0.2, 0) is 9.59 Å². The van der Waals surface area contributed by atoms with Gasteiger partial charge in [-0.1, -0.05) is 0 Å². The summed E-state index contributed by atoms with van der Waals surface area (Å²) in [4.78, 5) is 24.9. The van der Waals surface area contributed by atoms with Crippen molar-refractivity contribution in [2.24, 2.45) is 11.7 Å². The zero-order chi connectivity index (χ0) is 13.3. The van der Waals surface area contributed by atoms with E-state index in [1.54, 1.807) is 0 Å². The van der Waals surface area contributed by atoms with Gasteiger partial charge in [0.15, 0.2) is 0 Å². The Hall–Kier alpha value is -1.10. The summed E-state index contributed by atoms with van der Waals surface area (Å²) in [5, 5.41) is 8.99. The Bertz CT molecular complexity index is 352. The second-order valence-corrected chi connectivity index (χ2v) is 5.89. The summed E-state index contributed by atoms with van der Waals surface area (Å²) in [7, 11) is 0. The van der Waals surface area contributed by atoms with E-state index in [1.807, 2.05) is 11.8 Å². The lowest BCUT2D eigenvalue weighted by molar-refractivity contribution is -0.148. The molecule has 1 saturated carbocycles. The predicted octanol–water partition coefficient (Wildman–Crippen LogP) is 0.970. The second-order valence-electron chi connectivity index (χ2n) is 5.89. The number of carboxylic acids is 1. The SMILES string of the molecule is CC1CC(C(=O)O)CCN1C(=O)CC1(N)CCC1. The number of carbonyl (C=O) groups excluding carboxylic acids is 1. The van der Waals surface area contributed by atoms with E-state index in [-0.39, 0.29) is 23.4 Å². The highest BCUT2D eigenvalue weighted by molar-refractivity contribution is 5.78. The predicted molar refractivity (Wildman–Crippen MR) is 66.9 cm³/mol. The topological polar surface area (TPSA) is 83.6 Å². The molecule has 0 aromatic carbocycles. The minimum absolute atomic E-state index is 0.0102. The summed E-state index contributed by atoms with van der Waals surface area (Å²) in [6.07, 6.45) is 4.49. The first-order chi connectivity index (χ1) is 8.41. The Balaban J connectivity index is 1.89. The van der Waals surface area contributed by atoms with E-state index in [0.29, 0.717) is 25.8 Å². The molecule has 1 aliphatic carbocycles. The van der Waals surface area contributed by atoms with E-state index in [1.165, 1.54) is 0 Å². The lowest BCUT2D eigenvalue weighted by Crippen LogP contribution is -2.53. The van der Waals surface area contributed by atoms with E-state index in [4.69, 9.17) is 10.8 Å². The third-order valence-corrected chi connectivity index (χ3v) is 4.40. The van der Waals surface area contributed by atoms with Crippen LogP contribution in [0.5, 0.6) is 0 Å². The molecule has 1 amide bonds. The number of nitrogens with zero attached hydrogens (tertiary/aromatic N) is 1. The van der Waals surface area contributed by atoms with Crippen molar-refractivity contribution in [3.05, 3.63) is 0 Å². The van der Waals surface area contributed by atoms with Crippen LogP contribution in [-0.4, -0.2) is 40.0 Å². The number of amides is 1. The maximum Gasteiger partial charge on any atom is 0.306 e. The fraction of sp³-hybridized carbons (Fsp3) is 0.846. The van der Waals surface area contributed by atoms with Crippen molar-refractivity contribution in [1.29, 1.82) is 0 Å². The maximum absolute atomic E-state index is 12.2. The normalized spacial score (nSPS) is 30.7. The Labute approximate surface area is 107 Å². The monoisotopic (exact) mass is 254 g/mol. The van der Waals surface area contributed by atoms with Gasteiger partial charge in [0.2, 0.25) is 5.91 Å². The molecule has 0 bridgehead atoms. The van der Waals surface area contributed by atoms with Gasteiger partial charge in [0.25, 0.3) is 0 Å². The first kappa shape index (κ1) is 13.3. The highest BCUT2D eigenvalue weighted by Crippen LogP contribution is 2.33. The number of carbonyl (C=O) groups is 2. The number of likely N-dealkylation sites (tertiary alicyclic amines) is 1. The van der Waals surface area contributed by atoms with E-state index >= 15 is 0 Å². The fourth-order valence-electron chi connectivity index (χ4n) is 2.98. The molecule has 2 atom stereocenters. The highest BCUT2D eigenvalue weighted by Gasteiger charge is 2.38. The van der Waals surface area contributed by atoms with E-state index in [0.717, 1.165) is 19.3 Å². The second kappa shape index (κ2) is 4.88. The number of rotatable bonds is 3. The largest absolute Gasteiger partial charge is 0.481 e. The molecular formula is C13H22N2O3. The van der Waals surface area contributed by atoms with E-state index < -0.39 is 5.97 Å². The Morgan fingerprint density at radius 2 is 2.11 bits per heavy atom. The molecule has 5 heteroatoms. The van der Waals surface area contributed by atoms with Crippen molar-refractivity contribution in [2.75, 3.05) is 6.54 Å². The van der Waals surface area contributed by atoms with Crippen LogP contribution in [0.15, 0.2) is 0 Å². The molecule has 2 unspecified atom stereocenters. The van der Waals surface area contributed by atoms with Crippen LogP contribution in [0.2, 0.25) is 0 Å². The zero-order valence-corrected chi connectivity index (χ0v) is 10.9. The number of hydrogen-bond acceptors (Lipinski definition) is 3. The fourth-order valence-corrected chi connectivity index (χ4v) is 2.98. The first-order valence-electron chi connectivity index (χ1n) is 6.72. The van der Waals surface area contributed by atoms with Gasteiger partial charge in [-0.05, 0) is 39.0 Å². The summed E-state index contributed by atoms with van der Waals surface area (Å²) >= 11 is 0. The minimum Gasteiger partial charge on any atom is -0.481 e. The lowest BCUT2D eigenvalue weighted by Gasteiger charge is -2.42. The number of piperidine rings is 1. The summed E-state index contributed by atoms with van der Waals surface area (Å²) in [6.45, 7) is 2.48. The standard InChI is InChI=1S/C13H22N2O3/c1-9-7-10(12(17)18)3-6-15(9)11(16)8-13(14)4-2-5-13/h9-10H,2-8,14H2,1H3,(H,17,18). The van der Waals surface area contributed by atoms with Gasteiger partial charge in [-0.2, -0.15) is 0 Å². The zero-order valence-electron chi connectivity index (χ0n) is 10.9. The molecule has 0 spiro atoms. The average Bonchev–Trinajstić information content (AvgIpc) is 2.26. The van der Waals surface area contributed by atoms with Crippen molar-refractivity contribution in [2.45, 2.75) is 57.0 Å². The molecule has 1 heterocycles. The number of hydrogen-bond donors (Lipinski definition) is 2. The van der Waals surface area contributed by atoms with Crippen molar-refractivity contribution in [3.8, 4) is 0 Å². The molecule has 5 nitrogen and oxygen atoms in total. The van der Waals surface area contributed by atoms with Gasteiger partial charge in [-0.25, -0.2) is 0 Å². The Morgan fingerprint density at radius 1 is 1.44 bits per heavy atom. The lowest BCUT2D eigenvalue weighted by atomic mass is 9.75. The molecule has 3 N–H and O–H groups in total. The van der Waals surface area contributed by atoms with Crippen LogP contribution in [0.25, 0.3) is 0 Å². The van der Waals surface area contributed by atoms with Crippen molar-refractivity contribution in [1.82, 2.24) is 4.90 Å². The number of aliphatic carboxylic acids is 1. The number of carboxylic acid groups (broad SMARTS) is 1. The van der Waals surface area contributed by atoms with Crippen LogP contribution < -0.4 is 5.73 Å².